The molecule has 6 nitrogen and oxygen atoms in total. The van der Waals surface area contributed by atoms with Crippen LogP contribution in [-0.4, -0.2) is 66.2 Å². The van der Waals surface area contributed by atoms with Gasteiger partial charge in [0.2, 0.25) is 0 Å². The number of benzene rings is 1. The third kappa shape index (κ3) is 5.82. The highest BCUT2D eigenvalue weighted by Crippen LogP contribution is 2.22. The van der Waals surface area contributed by atoms with Crippen molar-refractivity contribution in [3.05, 3.63) is 24.3 Å². The third-order valence-corrected chi connectivity index (χ3v) is 3.30. The lowest BCUT2D eigenvalue weighted by molar-refractivity contribution is -0.721. The molecule has 2 rings (SSSR count). The lowest BCUT2D eigenvalue weighted by Gasteiger charge is -2.10. The van der Waals surface area contributed by atoms with Gasteiger partial charge >= 0.3 is 0 Å². The van der Waals surface area contributed by atoms with Gasteiger partial charge in [0, 0.05) is 13.2 Å². The number of ether oxygens (including phenoxy) is 4. The van der Waals surface area contributed by atoms with Crippen molar-refractivity contribution in [2.75, 3.05) is 59.9 Å². The second-order valence-corrected chi connectivity index (χ2v) is 4.88. The first-order valence-corrected chi connectivity index (χ1v) is 7.63. The zero-order valence-electron chi connectivity index (χ0n) is 13.1. The van der Waals surface area contributed by atoms with Gasteiger partial charge in [-0.25, -0.2) is 0 Å². The molecule has 0 saturated heterocycles. The zero-order chi connectivity index (χ0) is 15.5. The Morgan fingerprint density at radius 1 is 0.864 bits per heavy atom. The molecule has 1 N–H and O–H groups in total. The molecule has 0 spiro atoms. The van der Waals surface area contributed by atoms with Crippen molar-refractivity contribution in [3.63, 3.8) is 0 Å². The summed E-state index contributed by atoms with van der Waals surface area (Å²) in [4.78, 5) is 5.62. The molecule has 0 bridgehead atoms. The topological polar surface area (TPSA) is 53.7 Å². The Bertz CT molecular complexity index is 454. The second-order valence-electron chi connectivity index (χ2n) is 4.88. The Kier molecular flexibility index (Phi) is 8.08. The highest BCUT2D eigenvalue weighted by atomic mass is 16.6. The van der Waals surface area contributed by atoms with E-state index in [0.717, 1.165) is 12.2 Å². The van der Waals surface area contributed by atoms with E-state index in [0.29, 0.717) is 46.2 Å². The number of nitrogens with one attached hydrogen (secondary N) is 1. The van der Waals surface area contributed by atoms with Crippen LogP contribution in [0.5, 0.6) is 0 Å². The number of rotatable bonds is 12. The van der Waals surface area contributed by atoms with Gasteiger partial charge in [-0.3, -0.25) is 4.90 Å². The van der Waals surface area contributed by atoms with Crippen LogP contribution in [0.1, 0.15) is 0 Å². The molecule has 1 heterocycles. The van der Waals surface area contributed by atoms with Gasteiger partial charge in [-0.1, -0.05) is 12.1 Å². The molecule has 1 atom stereocenters. The summed E-state index contributed by atoms with van der Waals surface area (Å²) in [6.07, 6.45) is 1.93. The van der Waals surface area contributed by atoms with Crippen LogP contribution in [0.15, 0.2) is 29.3 Å². The average Bonchev–Trinajstić information content (AvgIpc) is 2.96. The molecule has 1 aliphatic rings. The first kappa shape index (κ1) is 17.1. The van der Waals surface area contributed by atoms with E-state index in [2.05, 4.69) is 11.1 Å². The molecule has 122 valence electrons. The van der Waals surface area contributed by atoms with Gasteiger partial charge in [0.25, 0.3) is 0 Å². The minimum atomic E-state index is 0.588. The molecule has 1 unspecified atom stereocenters. The van der Waals surface area contributed by atoms with E-state index in [-0.39, 0.29) is 0 Å². The quantitative estimate of drug-likeness (QED) is 0.574. The molecule has 0 fully saturated rings. The van der Waals surface area contributed by atoms with Crippen LogP contribution in [0.4, 0.5) is 11.4 Å². The van der Waals surface area contributed by atoms with E-state index in [9.17, 15) is 0 Å². The Hall–Kier alpha value is -1.31. The smallest absolute Gasteiger partial charge is 0.194 e. The van der Waals surface area contributed by atoms with Crippen molar-refractivity contribution >= 4 is 17.7 Å². The van der Waals surface area contributed by atoms with E-state index in [1.165, 1.54) is 10.6 Å². The first-order valence-electron chi connectivity index (χ1n) is 7.63. The van der Waals surface area contributed by atoms with Gasteiger partial charge in [-0.2, -0.15) is 4.99 Å². The Labute approximate surface area is 131 Å². The van der Waals surface area contributed by atoms with Gasteiger partial charge in [0.15, 0.2) is 12.0 Å². The molecule has 0 aliphatic carbocycles. The number of aliphatic imine (C=N–C) groups is 1. The number of quaternary nitrogens is 1. The summed E-state index contributed by atoms with van der Waals surface area (Å²) < 4.78 is 21.2. The van der Waals surface area contributed by atoms with Gasteiger partial charge in [-0.05, 0) is 6.07 Å². The van der Waals surface area contributed by atoms with E-state index < -0.39 is 0 Å². The van der Waals surface area contributed by atoms with E-state index in [4.69, 9.17) is 18.9 Å². The summed E-state index contributed by atoms with van der Waals surface area (Å²) in [5.41, 5.74) is 2.27. The summed E-state index contributed by atoms with van der Waals surface area (Å²) in [6, 6.07) is 8.18. The van der Waals surface area contributed by atoms with Crippen LogP contribution < -0.4 is 4.90 Å². The van der Waals surface area contributed by atoms with Crippen LogP contribution in [0.3, 0.4) is 0 Å². The lowest BCUT2D eigenvalue weighted by Crippen LogP contribution is -3.05. The minimum Gasteiger partial charge on any atom is -0.382 e. The first-order chi connectivity index (χ1) is 10.9. The largest absolute Gasteiger partial charge is 0.382 e. The maximum absolute atomic E-state index is 5.59. The van der Waals surface area contributed by atoms with E-state index in [1.54, 1.807) is 7.11 Å². The monoisotopic (exact) mass is 309 g/mol. The number of fused-ring (bicyclic) bond motifs is 1. The maximum Gasteiger partial charge on any atom is 0.194 e. The number of hydrogen-bond acceptors (Lipinski definition) is 5. The molecule has 6 heteroatoms. The summed E-state index contributed by atoms with van der Waals surface area (Å²) in [7, 11) is 1.66. The summed E-state index contributed by atoms with van der Waals surface area (Å²) in [5.74, 6) is 0. The highest BCUT2D eigenvalue weighted by Gasteiger charge is 2.19. The van der Waals surface area contributed by atoms with Crippen molar-refractivity contribution in [2.45, 2.75) is 0 Å². The van der Waals surface area contributed by atoms with Crippen LogP contribution >= 0.6 is 0 Å². The van der Waals surface area contributed by atoms with Crippen LogP contribution in [-0.2, 0) is 18.9 Å². The Morgan fingerprint density at radius 2 is 1.50 bits per heavy atom. The molecule has 0 radical (unpaired) electrons. The Morgan fingerprint density at radius 3 is 2.23 bits per heavy atom. The van der Waals surface area contributed by atoms with Crippen molar-refractivity contribution < 1.29 is 23.8 Å². The molecular weight excluding hydrogens is 284 g/mol. The standard InChI is InChI=1S/C16H24N2O4/c1-19-8-9-21-12-13-22-11-10-20-7-6-18-14-17-15-4-2-3-5-16(15)18/h2-5,14H,6-13H2,1H3/p+1. The number of hydrogen-bond donors (Lipinski definition) is 1. The van der Waals surface area contributed by atoms with Gasteiger partial charge in [0.1, 0.15) is 12.2 Å². The van der Waals surface area contributed by atoms with Crippen molar-refractivity contribution in [3.8, 4) is 0 Å². The molecule has 1 aromatic carbocycles. The fourth-order valence-electron chi connectivity index (χ4n) is 2.14. The third-order valence-electron chi connectivity index (χ3n) is 3.30. The van der Waals surface area contributed by atoms with Crippen molar-refractivity contribution in [2.24, 2.45) is 4.99 Å². The number of para-hydroxylation sites is 2. The van der Waals surface area contributed by atoms with Crippen LogP contribution in [0.25, 0.3) is 0 Å². The molecule has 1 aromatic rings. The van der Waals surface area contributed by atoms with Gasteiger partial charge < -0.3 is 18.9 Å². The Balaban J connectivity index is 1.43. The molecule has 0 aromatic heterocycles. The van der Waals surface area contributed by atoms with Crippen LogP contribution in [0, 0.1) is 0 Å². The maximum atomic E-state index is 5.59. The lowest BCUT2D eigenvalue weighted by atomic mass is 10.2. The zero-order valence-corrected chi connectivity index (χ0v) is 13.1. The van der Waals surface area contributed by atoms with Crippen molar-refractivity contribution in [1.82, 2.24) is 0 Å². The molecule has 0 saturated carbocycles. The van der Waals surface area contributed by atoms with Crippen molar-refractivity contribution in [1.29, 1.82) is 0 Å². The summed E-state index contributed by atoms with van der Waals surface area (Å²) in [6.45, 7) is 5.16. The minimum absolute atomic E-state index is 0.588. The molecule has 22 heavy (non-hydrogen) atoms. The molecular formula is C16H25N2O4+. The van der Waals surface area contributed by atoms with Crippen LogP contribution in [0.2, 0.25) is 0 Å². The normalized spacial score (nSPS) is 16.1. The van der Waals surface area contributed by atoms with Gasteiger partial charge in [-0.15, -0.1) is 0 Å². The fourth-order valence-corrected chi connectivity index (χ4v) is 2.14. The average molecular weight is 309 g/mol. The molecule has 0 amide bonds. The predicted octanol–water partition coefficient (Wildman–Crippen LogP) is 0.573. The molecule has 1 aliphatic heterocycles. The number of methoxy groups -OCH3 is 1. The van der Waals surface area contributed by atoms with Gasteiger partial charge in [0.05, 0.1) is 46.2 Å². The predicted molar refractivity (Wildman–Crippen MR) is 84.4 cm³/mol. The fraction of sp³-hybridized carbons (Fsp3) is 0.562. The van der Waals surface area contributed by atoms with E-state index >= 15 is 0 Å². The summed E-state index contributed by atoms with van der Waals surface area (Å²) >= 11 is 0. The SMILES string of the molecule is COCCOCCOCCOCC[NH+]1C=Nc2ccccc21. The number of nitrogens with zero attached hydrogens (tertiary/aromatic N) is 1. The van der Waals surface area contributed by atoms with E-state index in [1.807, 2.05) is 24.5 Å². The summed E-state index contributed by atoms with van der Waals surface area (Å²) in [5, 5.41) is 0. The second kappa shape index (κ2) is 10.4. The highest BCUT2D eigenvalue weighted by molar-refractivity contribution is 5.71.